The van der Waals surface area contributed by atoms with E-state index in [1.807, 2.05) is 6.20 Å². The van der Waals surface area contributed by atoms with E-state index in [0.717, 1.165) is 5.39 Å². The number of fused-ring (bicyclic) bond motifs is 1. The SMILES string of the molecule is Cn1cc2cc(CN)c(F)cc2n1. The highest BCUT2D eigenvalue weighted by atomic mass is 19.1. The summed E-state index contributed by atoms with van der Waals surface area (Å²) in [5, 5.41) is 5.01. The summed E-state index contributed by atoms with van der Waals surface area (Å²) in [4.78, 5) is 0. The van der Waals surface area contributed by atoms with Crippen molar-refractivity contribution in [3.63, 3.8) is 0 Å². The van der Waals surface area contributed by atoms with Crippen LogP contribution >= 0.6 is 0 Å². The van der Waals surface area contributed by atoms with Crippen LogP contribution in [0.25, 0.3) is 10.9 Å². The Morgan fingerprint density at radius 1 is 1.54 bits per heavy atom. The van der Waals surface area contributed by atoms with Gasteiger partial charge in [-0.3, -0.25) is 4.68 Å². The van der Waals surface area contributed by atoms with Crippen LogP contribution in [0.2, 0.25) is 0 Å². The molecule has 68 valence electrons. The lowest BCUT2D eigenvalue weighted by atomic mass is 10.1. The number of benzene rings is 1. The van der Waals surface area contributed by atoms with Crippen molar-refractivity contribution in [2.45, 2.75) is 6.54 Å². The molecular formula is C9H10FN3. The molecule has 0 aliphatic heterocycles. The van der Waals surface area contributed by atoms with E-state index in [1.54, 1.807) is 17.8 Å². The van der Waals surface area contributed by atoms with Crippen molar-refractivity contribution >= 4 is 10.9 Å². The molecule has 2 N–H and O–H groups in total. The van der Waals surface area contributed by atoms with Gasteiger partial charge in [0.15, 0.2) is 0 Å². The first-order valence-electron chi connectivity index (χ1n) is 4.02. The van der Waals surface area contributed by atoms with Crippen LogP contribution in [0.4, 0.5) is 4.39 Å². The number of aryl methyl sites for hydroxylation is 1. The van der Waals surface area contributed by atoms with Gasteiger partial charge >= 0.3 is 0 Å². The quantitative estimate of drug-likeness (QED) is 0.714. The van der Waals surface area contributed by atoms with E-state index in [0.29, 0.717) is 11.1 Å². The average Bonchev–Trinajstić information content (AvgIpc) is 2.42. The Balaban J connectivity index is 2.72. The fourth-order valence-electron chi connectivity index (χ4n) is 1.37. The summed E-state index contributed by atoms with van der Waals surface area (Å²) in [6.45, 7) is 0.219. The van der Waals surface area contributed by atoms with Crippen molar-refractivity contribution in [3.05, 3.63) is 29.7 Å². The van der Waals surface area contributed by atoms with E-state index >= 15 is 0 Å². The van der Waals surface area contributed by atoms with Gasteiger partial charge in [-0.2, -0.15) is 5.10 Å². The summed E-state index contributed by atoms with van der Waals surface area (Å²) in [7, 11) is 1.81. The van der Waals surface area contributed by atoms with Crippen LogP contribution in [0.1, 0.15) is 5.56 Å². The number of hydrogen-bond acceptors (Lipinski definition) is 2. The summed E-state index contributed by atoms with van der Waals surface area (Å²) in [5.41, 5.74) is 6.57. The molecule has 0 aliphatic carbocycles. The number of hydrogen-bond donors (Lipinski definition) is 1. The van der Waals surface area contributed by atoms with Crippen LogP contribution < -0.4 is 5.73 Å². The van der Waals surface area contributed by atoms with Gasteiger partial charge in [0, 0.05) is 36.8 Å². The van der Waals surface area contributed by atoms with Crippen LogP contribution in [-0.2, 0) is 13.6 Å². The van der Waals surface area contributed by atoms with E-state index < -0.39 is 0 Å². The molecule has 0 atom stereocenters. The summed E-state index contributed by atoms with van der Waals surface area (Å²) < 4.78 is 14.9. The lowest BCUT2D eigenvalue weighted by molar-refractivity contribution is 0.612. The number of rotatable bonds is 1. The van der Waals surface area contributed by atoms with E-state index in [-0.39, 0.29) is 12.4 Å². The normalized spacial score (nSPS) is 11.0. The van der Waals surface area contributed by atoms with E-state index in [9.17, 15) is 4.39 Å². The van der Waals surface area contributed by atoms with Gasteiger partial charge in [-0.15, -0.1) is 0 Å². The molecule has 0 aliphatic rings. The van der Waals surface area contributed by atoms with Crippen molar-refractivity contribution in [3.8, 4) is 0 Å². The minimum atomic E-state index is -0.284. The lowest BCUT2D eigenvalue weighted by Crippen LogP contribution is -1.99. The van der Waals surface area contributed by atoms with Crippen molar-refractivity contribution in [2.75, 3.05) is 0 Å². The first-order valence-corrected chi connectivity index (χ1v) is 4.02. The molecule has 4 heteroatoms. The predicted molar refractivity (Wildman–Crippen MR) is 48.6 cm³/mol. The Morgan fingerprint density at radius 3 is 3.00 bits per heavy atom. The second kappa shape index (κ2) is 2.81. The summed E-state index contributed by atoms with van der Waals surface area (Å²) in [5.74, 6) is -0.284. The molecule has 1 aromatic heterocycles. The number of aromatic nitrogens is 2. The molecule has 2 aromatic rings. The zero-order valence-corrected chi connectivity index (χ0v) is 7.29. The van der Waals surface area contributed by atoms with Gasteiger partial charge in [-0.1, -0.05) is 0 Å². The molecule has 1 heterocycles. The first kappa shape index (κ1) is 8.19. The zero-order chi connectivity index (χ0) is 9.42. The molecular weight excluding hydrogens is 169 g/mol. The molecule has 13 heavy (non-hydrogen) atoms. The maximum Gasteiger partial charge on any atom is 0.129 e. The van der Waals surface area contributed by atoms with Gasteiger partial charge in [-0.25, -0.2) is 4.39 Å². The largest absolute Gasteiger partial charge is 0.326 e. The van der Waals surface area contributed by atoms with Crippen LogP contribution in [-0.4, -0.2) is 9.78 Å². The van der Waals surface area contributed by atoms with Crippen molar-refractivity contribution < 1.29 is 4.39 Å². The second-order valence-electron chi connectivity index (χ2n) is 3.01. The summed E-state index contributed by atoms with van der Waals surface area (Å²) in [6, 6.07) is 3.15. The predicted octanol–water partition coefficient (Wildman–Crippen LogP) is 1.17. The smallest absolute Gasteiger partial charge is 0.129 e. The van der Waals surface area contributed by atoms with Gasteiger partial charge in [0.05, 0.1) is 5.52 Å². The first-order chi connectivity index (χ1) is 6.20. The Hall–Kier alpha value is -1.42. The molecule has 0 fully saturated rings. The molecule has 0 saturated carbocycles. The molecule has 0 radical (unpaired) electrons. The molecule has 0 bridgehead atoms. The van der Waals surface area contributed by atoms with Crippen molar-refractivity contribution in [1.29, 1.82) is 0 Å². The molecule has 0 spiro atoms. The zero-order valence-electron chi connectivity index (χ0n) is 7.29. The van der Waals surface area contributed by atoms with Gasteiger partial charge in [0.1, 0.15) is 5.82 Å². The van der Waals surface area contributed by atoms with Gasteiger partial charge < -0.3 is 5.73 Å². The van der Waals surface area contributed by atoms with Crippen LogP contribution in [0, 0.1) is 5.82 Å². The Kier molecular flexibility index (Phi) is 1.77. The van der Waals surface area contributed by atoms with Crippen LogP contribution in [0.15, 0.2) is 18.3 Å². The monoisotopic (exact) mass is 179 g/mol. The average molecular weight is 179 g/mol. The van der Waals surface area contributed by atoms with Gasteiger partial charge in [-0.05, 0) is 6.07 Å². The Morgan fingerprint density at radius 2 is 2.31 bits per heavy atom. The topological polar surface area (TPSA) is 43.8 Å². The standard InChI is InChI=1S/C9H10FN3/c1-13-5-7-2-6(4-11)8(10)3-9(7)12-13/h2-3,5H,4,11H2,1H3. The highest BCUT2D eigenvalue weighted by Gasteiger charge is 2.05. The van der Waals surface area contributed by atoms with Crippen molar-refractivity contribution in [2.24, 2.45) is 12.8 Å². The number of nitrogens with two attached hydrogens (primary N) is 1. The Labute approximate surface area is 75.0 Å². The Bertz CT molecular complexity index is 447. The molecule has 1 aromatic carbocycles. The van der Waals surface area contributed by atoms with Crippen LogP contribution in [0.3, 0.4) is 0 Å². The molecule has 0 amide bonds. The summed E-state index contributed by atoms with van der Waals surface area (Å²) >= 11 is 0. The highest BCUT2D eigenvalue weighted by molar-refractivity contribution is 5.78. The van der Waals surface area contributed by atoms with Crippen LogP contribution in [0.5, 0.6) is 0 Å². The third-order valence-corrected chi connectivity index (χ3v) is 2.01. The minimum Gasteiger partial charge on any atom is -0.326 e. The van der Waals surface area contributed by atoms with E-state index in [2.05, 4.69) is 5.10 Å². The van der Waals surface area contributed by atoms with Gasteiger partial charge in [0.25, 0.3) is 0 Å². The lowest BCUT2D eigenvalue weighted by Gasteiger charge is -1.97. The molecule has 0 saturated heterocycles. The van der Waals surface area contributed by atoms with E-state index in [4.69, 9.17) is 5.73 Å². The highest BCUT2D eigenvalue weighted by Crippen LogP contribution is 2.17. The maximum absolute atomic E-state index is 13.2. The maximum atomic E-state index is 13.2. The summed E-state index contributed by atoms with van der Waals surface area (Å²) in [6.07, 6.45) is 1.84. The molecule has 2 rings (SSSR count). The number of nitrogens with zero attached hydrogens (tertiary/aromatic N) is 2. The van der Waals surface area contributed by atoms with Crippen molar-refractivity contribution in [1.82, 2.24) is 9.78 Å². The second-order valence-corrected chi connectivity index (χ2v) is 3.01. The third-order valence-electron chi connectivity index (χ3n) is 2.01. The van der Waals surface area contributed by atoms with Gasteiger partial charge in [0.2, 0.25) is 0 Å². The fraction of sp³-hybridized carbons (Fsp3) is 0.222. The minimum absolute atomic E-state index is 0.219. The molecule has 3 nitrogen and oxygen atoms in total. The molecule has 0 unspecified atom stereocenters. The number of halogens is 1. The fourth-order valence-corrected chi connectivity index (χ4v) is 1.37. The third kappa shape index (κ3) is 1.29. The van der Waals surface area contributed by atoms with E-state index in [1.165, 1.54) is 6.07 Å².